The van der Waals surface area contributed by atoms with Gasteiger partial charge in [0.25, 0.3) is 0 Å². The van der Waals surface area contributed by atoms with Gasteiger partial charge in [-0.1, -0.05) is 0 Å². The molecule has 1 aromatic rings. The van der Waals surface area contributed by atoms with Gasteiger partial charge >= 0.3 is 0 Å². The lowest BCUT2D eigenvalue weighted by Gasteiger charge is -1.98. The van der Waals surface area contributed by atoms with Crippen LogP contribution >= 0.6 is 0 Å². The normalized spacial score (nSPS) is 8.50. The molecular formula is C8H8F2N2. The summed E-state index contributed by atoms with van der Waals surface area (Å²) in [5.74, 6) is -0.949. The van der Waals surface area contributed by atoms with Crippen LogP contribution in [-0.4, -0.2) is 0 Å². The van der Waals surface area contributed by atoms with Gasteiger partial charge in [-0.05, 0) is 31.5 Å². The molecule has 0 bridgehead atoms. The molecule has 2 nitrogen and oxygen atoms in total. The standard InChI is InChI=1S/C8H8F2.N2/c1-5-3-7(9)6(2)8(10)4-5;1-2/h3-4H,1-2H3;. The Bertz CT molecular complexity index is 271. The Labute approximate surface area is 69.2 Å². The molecule has 0 aromatic heterocycles. The van der Waals surface area contributed by atoms with Gasteiger partial charge in [0.1, 0.15) is 11.6 Å². The molecule has 12 heavy (non-hydrogen) atoms. The Morgan fingerprint density at radius 3 is 1.67 bits per heavy atom. The molecule has 0 aliphatic heterocycles. The van der Waals surface area contributed by atoms with Gasteiger partial charge in [0, 0.05) is 16.3 Å². The van der Waals surface area contributed by atoms with Gasteiger partial charge in [0.05, 0.1) is 0 Å². The lowest BCUT2D eigenvalue weighted by Crippen LogP contribution is -1.88. The molecule has 0 unspecified atom stereocenters. The SMILES string of the molecule is Cc1cc(F)c(C)c(F)c1.N#N. The van der Waals surface area contributed by atoms with Crippen LogP contribution < -0.4 is 0 Å². The van der Waals surface area contributed by atoms with Crippen molar-refractivity contribution in [3.63, 3.8) is 0 Å². The van der Waals surface area contributed by atoms with E-state index in [-0.39, 0.29) is 5.56 Å². The third-order valence-electron chi connectivity index (χ3n) is 1.43. The van der Waals surface area contributed by atoms with E-state index in [0.29, 0.717) is 5.56 Å². The van der Waals surface area contributed by atoms with Crippen molar-refractivity contribution < 1.29 is 8.78 Å². The molecule has 0 N–H and O–H groups in total. The molecule has 0 saturated heterocycles. The zero-order valence-electron chi connectivity index (χ0n) is 6.81. The molecule has 0 amide bonds. The monoisotopic (exact) mass is 170 g/mol. The molecule has 0 aliphatic carbocycles. The van der Waals surface area contributed by atoms with Crippen molar-refractivity contribution in [3.8, 4) is 0 Å². The molecule has 0 radical (unpaired) electrons. The number of hydrogen-bond acceptors (Lipinski definition) is 2. The van der Waals surface area contributed by atoms with Gasteiger partial charge in [-0.15, -0.1) is 0 Å². The van der Waals surface area contributed by atoms with Crippen LogP contribution in [-0.2, 0) is 0 Å². The Balaban J connectivity index is 0.000000561. The number of nitrogens with zero attached hydrogens (tertiary/aromatic N) is 2. The van der Waals surface area contributed by atoms with Crippen molar-refractivity contribution in [2.45, 2.75) is 13.8 Å². The fourth-order valence-corrected chi connectivity index (χ4v) is 0.772. The van der Waals surface area contributed by atoms with Crippen molar-refractivity contribution in [1.82, 2.24) is 0 Å². The third kappa shape index (κ3) is 2.27. The summed E-state index contributed by atoms with van der Waals surface area (Å²) in [7, 11) is 0. The fraction of sp³-hybridized carbons (Fsp3) is 0.250. The van der Waals surface area contributed by atoms with Crippen LogP contribution in [0.15, 0.2) is 12.1 Å². The third-order valence-corrected chi connectivity index (χ3v) is 1.43. The summed E-state index contributed by atoms with van der Waals surface area (Å²) in [6.45, 7) is 3.08. The van der Waals surface area contributed by atoms with Gasteiger partial charge in [-0.2, -0.15) is 0 Å². The zero-order chi connectivity index (χ0) is 9.72. The topological polar surface area (TPSA) is 47.6 Å². The summed E-state index contributed by atoms with van der Waals surface area (Å²) in [4.78, 5) is 0. The van der Waals surface area contributed by atoms with Crippen molar-refractivity contribution in [1.29, 1.82) is 10.8 Å². The summed E-state index contributed by atoms with van der Waals surface area (Å²) >= 11 is 0. The zero-order valence-corrected chi connectivity index (χ0v) is 6.81. The molecule has 4 heteroatoms. The predicted octanol–water partition coefficient (Wildman–Crippen LogP) is 2.61. The van der Waals surface area contributed by atoms with E-state index in [1.807, 2.05) is 0 Å². The first-order valence-electron chi connectivity index (χ1n) is 3.23. The fourth-order valence-electron chi connectivity index (χ4n) is 0.772. The van der Waals surface area contributed by atoms with Crippen molar-refractivity contribution in [2.24, 2.45) is 0 Å². The average Bonchev–Trinajstić information content (AvgIpc) is 2.04. The first-order valence-corrected chi connectivity index (χ1v) is 3.23. The molecule has 1 aromatic carbocycles. The molecule has 0 fully saturated rings. The van der Waals surface area contributed by atoms with E-state index in [0.717, 1.165) is 0 Å². The molecule has 0 atom stereocenters. The van der Waals surface area contributed by atoms with Gasteiger partial charge in [-0.25, -0.2) is 8.78 Å². The summed E-state index contributed by atoms with van der Waals surface area (Å²) < 4.78 is 25.2. The number of aryl methyl sites for hydroxylation is 1. The Hall–Kier alpha value is -1.50. The van der Waals surface area contributed by atoms with Gasteiger partial charge < -0.3 is 0 Å². The van der Waals surface area contributed by atoms with Crippen LogP contribution in [0.25, 0.3) is 0 Å². The largest absolute Gasteiger partial charge is 0.207 e. The maximum absolute atomic E-state index is 12.6. The van der Waals surface area contributed by atoms with Gasteiger partial charge in [0.2, 0.25) is 0 Å². The summed E-state index contributed by atoms with van der Waals surface area (Å²) in [5, 5.41) is 12.0. The summed E-state index contributed by atoms with van der Waals surface area (Å²) in [5.41, 5.74) is 0.700. The van der Waals surface area contributed by atoms with E-state index in [1.54, 1.807) is 6.92 Å². The maximum atomic E-state index is 12.6. The van der Waals surface area contributed by atoms with E-state index in [9.17, 15) is 8.78 Å². The molecule has 0 aliphatic rings. The number of rotatable bonds is 0. The minimum atomic E-state index is -0.475. The highest BCUT2D eigenvalue weighted by Crippen LogP contribution is 2.12. The summed E-state index contributed by atoms with van der Waals surface area (Å²) in [6.07, 6.45) is 0. The first kappa shape index (κ1) is 10.5. The van der Waals surface area contributed by atoms with Crippen molar-refractivity contribution in [2.75, 3.05) is 0 Å². The first-order chi connectivity index (χ1) is 5.61. The Morgan fingerprint density at radius 2 is 1.33 bits per heavy atom. The van der Waals surface area contributed by atoms with Gasteiger partial charge in [-0.3, -0.25) is 0 Å². The number of halogens is 2. The maximum Gasteiger partial charge on any atom is 0.129 e. The molecule has 0 heterocycles. The second-order valence-corrected chi connectivity index (χ2v) is 2.35. The minimum Gasteiger partial charge on any atom is -0.207 e. The van der Waals surface area contributed by atoms with Crippen LogP contribution in [0.2, 0.25) is 0 Å². The minimum absolute atomic E-state index is 0.0885. The molecule has 64 valence electrons. The second kappa shape index (κ2) is 4.39. The van der Waals surface area contributed by atoms with Crippen LogP contribution in [0, 0.1) is 36.3 Å². The van der Waals surface area contributed by atoms with Crippen molar-refractivity contribution >= 4 is 0 Å². The number of hydrogen-bond donors (Lipinski definition) is 0. The number of benzene rings is 1. The molecule has 0 spiro atoms. The predicted molar refractivity (Wildman–Crippen MR) is 39.3 cm³/mol. The van der Waals surface area contributed by atoms with Gasteiger partial charge in [0.15, 0.2) is 0 Å². The van der Waals surface area contributed by atoms with Crippen LogP contribution in [0.4, 0.5) is 8.78 Å². The van der Waals surface area contributed by atoms with Crippen LogP contribution in [0.5, 0.6) is 0 Å². The lowest BCUT2D eigenvalue weighted by molar-refractivity contribution is 0.566. The van der Waals surface area contributed by atoms with E-state index in [4.69, 9.17) is 10.8 Å². The van der Waals surface area contributed by atoms with E-state index < -0.39 is 11.6 Å². The Kier molecular flexibility index (Phi) is 3.84. The quantitative estimate of drug-likeness (QED) is 0.562. The highest BCUT2D eigenvalue weighted by atomic mass is 19.1. The lowest BCUT2D eigenvalue weighted by atomic mass is 10.1. The average molecular weight is 170 g/mol. The second-order valence-electron chi connectivity index (χ2n) is 2.35. The van der Waals surface area contributed by atoms with E-state index in [1.165, 1.54) is 19.1 Å². The van der Waals surface area contributed by atoms with Crippen molar-refractivity contribution in [3.05, 3.63) is 34.9 Å². The highest BCUT2D eigenvalue weighted by Gasteiger charge is 2.02. The highest BCUT2D eigenvalue weighted by molar-refractivity contribution is 5.23. The van der Waals surface area contributed by atoms with E-state index >= 15 is 0 Å². The Morgan fingerprint density at radius 1 is 1.00 bits per heavy atom. The van der Waals surface area contributed by atoms with Crippen LogP contribution in [0.3, 0.4) is 0 Å². The van der Waals surface area contributed by atoms with E-state index in [2.05, 4.69) is 0 Å². The summed E-state index contributed by atoms with van der Waals surface area (Å²) in [6, 6.07) is 2.64. The molecule has 1 rings (SSSR count). The van der Waals surface area contributed by atoms with Crippen LogP contribution in [0.1, 0.15) is 11.1 Å². The smallest absolute Gasteiger partial charge is 0.129 e. The molecular weight excluding hydrogens is 162 g/mol. The molecule has 0 saturated carbocycles.